The van der Waals surface area contributed by atoms with Crippen LogP contribution in [0.5, 0.6) is 5.75 Å². The predicted molar refractivity (Wildman–Crippen MR) is 111 cm³/mol. The molecule has 2 heterocycles. The van der Waals surface area contributed by atoms with Crippen LogP contribution in [0.15, 0.2) is 53.5 Å². The molecule has 5 nitrogen and oxygen atoms in total. The summed E-state index contributed by atoms with van der Waals surface area (Å²) in [5.41, 5.74) is 3.98. The van der Waals surface area contributed by atoms with Crippen LogP contribution in [0.1, 0.15) is 17.5 Å². The summed E-state index contributed by atoms with van der Waals surface area (Å²) in [4.78, 5) is 6.82. The molecule has 0 saturated carbocycles. The number of guanidine groups is 1. The molecule has 0 bridgehead atoms. The molecule has 1 atom stereocenters. The highest BCUT2D eigenvalue weighted by atomic mass is 16.5. The third-order valence-corrected chi connectivity index (χ3v) is 5.33. The van der Waals surface area contributed by atoms with Crippen LogP contribution in [0.2, 0.25) is 0 Å². The van der Waals surface area contributed by atoms with Crippen LogP contribution in [-0.4, -0.2) is 45.3 Å². The first-order valence-electron chi connectivity index (χ1n) is 9.83. The zero-order valence-electron chi connectivity index (χ0n) is 15.9. The summed E-state index contributed by atoms with van der Waals surface area (Å²) in [7, 11) is 1.84. The lowest BCUT2D eigenvalue weighted by atomic mass is 10.1. The number of ether oxygens (including phenoxy) is 1. The minimum Gasteiger partial charge on any atom is -0.493 e. The molecule has 5 heteroatoms. The first-order valence-corrected chi connectivity index (χ1v) is 9.83. The fourth-order valence-electron chi connectivity index (χ4n) is 3.86. The van der Waals surface area contributed by atoms with Crippen molar-refractivity contribution in [2.75, 3.05) is 38.2 Å². The van der Waals surface area contributed by atoms with Gasteiger partial charge in [0, 0.05) is 44.8 Å². The summed E-state index contributed by atoms with van der Waals surface area (Å²) in [5.74, 6) is 1.94. The molecule has 2 aliphatic heterocycles. The molecular formula is C22H28N4O. The largest absolute Gasteiger partial charge is 0.493 e. The standard InChI is InChI=1S/C22H28N4O/c1-23-22(24-12-9-17-7-8-21-18(15-17)11-14-27-21)25-19-10-13-26(16-19)20-5-3-2-4-6-20/h2-8,15,19H,9-14,16H2,1H3,(H2,23,24,25). The van der Waals surface area contributed by atoms with Gasteiger partial charge >= 0.3 is 0 Å². The van der Waals surface area contributed by atoms with Crippen molar-refractivity contribution in [2.24, 2.45) is 4.99 Å². The average Bonchev–Trinajstić information content (AvgIpc) is 3.37. The van der Waals surface area contributed by atoms with Gasteiger partial charge in [0.2, 0.25) is 0 Å². The lowest BCUT2D eigenvalue weighted by molar-refractivity contribution is 0.357. The molecule has 1 fully saturated rings. The molecule has 2 aliphatic rings. The van der Waals surface area contributed by atoms with Gasteiger partial charge in [-0.1, -0.05) is 30.3 Å². The molecule has 2 aromatic carbocycles. The normalized spacial score (nSPS) is 18.9. The number of nitrogens with one attached hydrogen (secondary N) is 2. The Morgan fingerprint density at radius 1 is 1.22 bits per heavy atom. The Labute approximate surface area is 161 Å². The lowest BCUT2D eigenvalue weighted by Gasteiger charge is -2.20. The summed E-state index contributed by atoms with van der Waals surface area (Å²) in [6, 6.07) is 17.6. The summed E-state index contributed by atoms with van der Waals surface area (Å²) in [6.07, 6.45) is 3.13. The van der Waals surface area contributed by atoms with Crippen molar-refractivity contribution in [3.05, 3.63) is 59.7 Å². The van der Waals surface area contributed by atoms with Gasteiger partial charge in [-0.2, -0.15) is 0 Å². The maximum absolute atomic E-state index is 5.58. The molecule has 27 heavy (non-hydrogen) atoms. The molecule has 0 amide bonds. The summed E-state index contributed by atoms with van der Waals surface area (Å²) >= 11 is 0. The van der Waals surface area contributed by atoms with Crippen LogP contribution in [-0.2, 0) is 12.8 Å². The molecule has 0 radical (unpaired) electrons. The molecule has 4 rings (SSSR count). The number of anilines is 1. The number of hydrogen-bond acceptors (Lipinski definition) is 3. The summed E-state index contributed by atoms with van der Waals surface area (Å²) < 4.78 is 5.58. The fraction of sp³-hybridized carbons (Fsp3) is 0.409. The van der Waals surface area contributed by atoms with E-state index < -0.39 is 0 Å². The van der Waals surface area contributed by atoms with Crippen LogP contribution < -0.4 is 20.3 Å². The van der Waals surface area contributed by atoms with Crippen LogP contribution in [0.25, 0.3) is 0 Å². The second kappa shape index (κ2) is 8.33. The zero-order valence-corrected chi connectivity index (χ0v) is 15.9. The van der Waals surface area contributed by atoms with Crippen molar-refractivity contribution in [2.45, 2.75) is 25.3 Å². The topological polar surface area (TPSA) is 48.9 Å². The molecular weight excluding hydrogens is 336 g/mol. The van der Waals surface area contributed by atoms with E-state index in [4.69, 9.17) is 4.74 Å². The Kier molecular flexibility index (Phi) is 5.47. The predicted octanol–water partition coefficient (Wildman–Crippen LogP) is 2.61. The highest BCUT2D eigenvalue weighted by Crippen LogP contribution is 2.25. The van der Waals surface area contributed by atoms with Gasteiger partial charge in [0.25, 0.3) is 0 Å². The van der Waals surface area contributed by atoms with E-state index in [1.54, 1.807) is 0 Å². The Balaban J connectivity index is 1.24. The molecule has 0 aromatic heterocycles. The van der Waals surface area contributed by atoms with Crippen LogP contribution in [0.3, 0.4) is 0 Å². The number of rotatable bonds is 5. The third-order valence-electron chi connectivity index (χ3n) is 5.33. The smallest absolute Gasteiger partial charge is 0.191 e. The number of aliphatic imine (C=N–C) groups is 1. The minimum absolute atomic E-state index is 0.425. The monoisotopic (exact) mass is 364 g/mol. The second-order valence-electron chi connectivity index (χ2n) is 7.20. The number of benzene rings is 2. The molecule has 1 saturated heterocycles. The van der Waals surface area contributed by atoms with Gasteiger partial charge in [-0.25, -0.2) is 0 Å². The van der Waals surface area contributed by atoms with E-state index in [1.807, 2.05) is 7.05 Å². The Bertz CT molecular complexity index is 790. The van der Waals surface area contributed by atoms with Crippen molar-refractivity contribution >= 4 is 11.6 Å². The average molecular weight is 364 g/mol. The van der Waals surface area contributed by atoms with Crippen molar-refractivity contribution in [1.82, 2.24) is 10.6 Å². The summed E-state index contributed by atoms with van der Waals surface area (Å²) in [5, 5.41) is 7.03. The summed E-state index contributed by atoms with van der Waals surface area (Å²) in [6.45, 7) is 3.77. The van der Waals surface area contributed by atoms with Crippen molar-refractivity contribution in [3.8, 4) is 5.75 Å². The number of nitrogens with zero attached hydrogens (tertiary/aromatic N) is 2. The fourth-order valence-corrected chi connectivity index (χ4v) is 3.86. The number of para-hydroxylation sites is 1. The van der Waals surface area contributed by atoms with E-state index in [-0.39, 0.29) is 0 Å². The van der Waals surface area contributed by atoms with Gasteiger partial charge in [-0.15, -0.1) is 0 Å². The lowest BCUT2D eigenvalue weighted by Crippen LogP contribution is -2.45. The van der Waals surface area contributed by atoms with E-state index in [9.17, 15) is 0 Å². The van der Waals surface area contributed by atoms with E-state index in [0.29, 0.717) is 6.04 Å². The first-order chi connectivity index (χ1) is 13.3. The van der Waals surface area contributed by atoms with E-state index in [0.717, 1.165) is 57.2 Å². The maximum Gasteiger partial charge on any atom is 0.191 e. The molecule has 0 spiro atoms. The Hall–Kier alpha value is -2.69. The van der Waals surface area contributed by atoms with E-state index in [1.165, 1.54) is 16.8 Å². The van der Waals surface area contributed by atoms with Gasteiger partial charge in [0.1, 0.15) is 5.75 Å². The van der Waals surface area contributed by atoms with Crippen LogP contribution in [0, 0.1) is 0 Å². The van der Waals surface area contributed by atoms with Gasteiger partial charge in [0.05, 0.1) is 6.61 Å². The quantitative estimate of drug-likeness (QED) is 0.633. The van der Waals surface area contributed by atoms with E-state index in [2.05, 4.69) is 69.1 Å². The number of hydrogen-bond donors (Lipinski definition) is 2. The molecule has 1 unspecified atom stereocenters. The van der Waals surface area contributed by atoms with Crippen LogP contribution >= 0.6 is 0 Å². The van der Waals surface area contributed by atoms with Gasteiger partial charge in [-0.3, -0.25) is 4.99 Å². The van der Waals surface area contributed by atoms with Crippen LogP contribution in [0.4, 0.5) is 5.69 Å². The first kappa shape index (κ1) is 17.7. The molecule has 142 valence electrons. The second-order valence-corrected chi connectivity index (χ2v) is 7.20. The number of fused-ring (bicyclic) bond motifs is 1. The van der Waals surface area contributed by atoms with Gasteiger partial charge < -0.3 is 20.3 Å². The Morgan fingerprint density at radius 3 is 2.96 bits per heavy atom. The molecule has 0 aliphatic carbocycles. The van der Waals surface area contributed by atoms with Gasteiger partial charge in [-0.05, 0) is 42.2 Å². The van der Waals surface area contributed by atoms with Crippen molar-refractivity contribution in [1.29, 1.82) is 0 Å². The highest BCUT2D eigenvalue weighted by molar-refractivity contribution is 5.80. The zero-order chi connectivity index (χ0) is 18.5. The van der Waals surface area contributed by atoms with Crippen molar-refractivity contribution < 1.29 is 4.74 Å². The Morgan fingerprint density at radius 2 is 2.11 bits per heavy atom. The minimum atomic E-state index is 0.425. The maximum atomic E-state index is 5.58. The highest BCUT2D eigenvalue weighted by Gasteiger charge is 2.23. The van der Waals surface area contributed by atoms with E-state index >= 15 is 0 Å². The van der Waals surface area contributed by atoms with Crippen molar-refractivity contribution in [3.63, 3.8) is 0 Å². The third kappa shape index (κ3) is 4.35. The molecule has 2 aromatic rings. The SMILES string of the molecule is CN=C(NCCc1ccc2c(c1)CCO2)NC1CCN(c2ccccc2)C1. The molecule has 2 N–H and O–H groups in total. The van der Waals surface area contributed by atoms with Gasteiger partial charge in [0.15, 0.2) is 5.96 Å².